The van der Waals surface area contributed by atoms with Crippen molar-refractivity contribution in [2.75, 3.05) is 32.5 Å². The van der Waals surface area contributed by atoms with Crippen molar-refractivity contribution in [2.45, 2.75) is 39.2 Å². The summed E-state index contributed by atoms with van der Waals surface area (Å²) in [5.41, 5.74) is 7.86. The molecule has 20 heavy (non-hydrogen) atoms. The Bertz CT molecular complexity index is 381. The third-order valence-corrected chi connectivity index (χ3v) is 3.06. The van der Waals surface area contributed by atoms with E-state index in [0.29, 0.717) is 11.8 Å². The first kappa shape index (κ1) is 16.8. The van der Waals surface area contributed by atoms with Crippen LogP contribution in [0.15, 0.2) is 18.2 Å². The molecule has 0 radical (unpaired) electrons. The van der Waals surface area contributed by atoms with E-state index in [1.165, 1.54) is 5.56 Å². The predicted octanol–water partition coefficient (Wildman–Crippen LogP) is 2.61. The highest BCUT2D eigenvalue weighted by Crippen LogP contribution is 2.22. The van der Waals surface area contributed by atoms with E-state index in [9.17, 15) is 0 Å². The van der Waals surface area contributed by atoms with E-state index in [-0.39, 0.29) is 0 Å². The van der Waals surface area contributed by atoms with Crippen molar-refractivity contribution in [1.82, 2.24) is 5.32 Å². The minimum atomic E-state index is 0.329. The summed E-state index contributed by atoms with van der Waals surface area (Å²) in [4.78, 5) is 0. The van der Waals surface area contributed by atoms with E-state index in [4.69, 9.17) is 15.2 Å². The third-order valence-electron chi connectivity index (χ3n) is 3.06. The van der Waals surface area contributed by atoms with Gasteiger partial charge in [-0.25, -0.2) is 0 Å². The van der Waals surface area contributed by atoms with Gasteiger partial charge in [-0.15, -0.1) is 0 Å². The standard InChI is InChI=1S/C16H28N2O2/c1-13(2)20-11-5-10-18-9-4-6-14-7-8-16(19-3)15(17)12-14/h7-8,12-13,18H,4-6,9-11,17H2,1-3H3. The minimum absolute atomic E-state index is 0.329. The highest BCUT2D eigenvalue weighted by Gasteiger charge is 2.00. The molecule has 1 aromatic carbocycles. The van der Waals surface area contributed by atoms with Gasteiger partial charge in [-0.05, 0) is 63.9 Å². The van der Waals surface area contributed by atoms with Crippen LogP contribution < -0.4 is 15.8 Å². The number of hydrogen-bond acceptors (Lipinski definition) is 4. The summed E-state index contributed by atoms with van der Waals surface area (Å²) in [7, 11) is 1.64. The SMILES string of the molecule is COc1ccc(CCCNCCCOC(C)C)cc1N. The van der Waals surface area contributed by atoms with E-state index in [1.54, 1.807) is 7.11 Å². The highest BCUT2D eigenvalue weighted by atomic mass is 16.5. The Balaban J connectivity index is 2.08. The lowest BCUT2D eigenvalue weighted by molar-refractivity contribution is 0.0771. The smallest absolute Gasteiger partial charge is 0.141 e. The molecule has 0 atom stereocenters. The Hall–Kier alpha value is -1.26. The Morgan fingerprint density at radius 2 is 1.95 bits per heavy atom. The zero-order valence-electron chi connectivity index (χ0n) is 12.9. The van der Waals surface area contributed by atoms with Crippen LogP contribution in [0.3, 0.4) is 0 Å². The van der Waals surface area contributed by atoms with Gasteiger partial charge in [0.1, 0.15) is 5.75 Å². The minimum Gasteiger partial charge on any atom is -0.495 e. The van der Waals surface area contributed by atoms with Gasteiger partial charge in [0.05, 0.1) is 18.9 Å². The average molecular weight is 280 g/mol. The van der Waals surface area contributed by atoms with Crippen molar-refractivity contribution in [1.29, 1.82) is 0 Å². The molecule has 0 spiro atoms. The van der Waals surface area contributed by atoms with E-state index in [0.717, 1.165) is 44.7 Å². The van der Waals surface area contributed by atoms with E-state index in [2.05, 4.69) is 25.2 Å². The fraction of sp³-hybridized carbons (Fsp3) is 0.625. The Morgan fingerprint density at radius 3 is 2.60 bits per heavy atom. The van der Waals surface area contributed by atoms with E-state index >= 15 is 0 Å². The number of nitrogen functional groups attached to an aromatic ring is 1. The van der Waals surface area contributed by atoms with E-state index in [1.807, 2.05) is 12.1 Å². The lowest BCUT2D eigenvalue weighted by Gasteiger charge is -2.09. The predicted molar refractivity (Wildman–Crippen MR) is 84.3 cm³/mol. The van der Waals surface area contributed by atoms with Crippen LogP contribution in [-0.4, -0.2) is 32.9 Å². The van der Waals surface area contributed by atoms with Gasteiger partial charge in [-0.2, -0.15) is 0 Å². The number of aryl methyl sites for hydroxylation is 1. The van der Waals surface area contributed by atoms with Gasteiger partial charge in [0.2, 0.25) is 0 Å². The molecule has 0 heterocycles. The molecule has 0 amide bonds. The number of benzene rings is 1. The molecule has 4 nitrogen and oxygen atoms in total. The van der Waals surface area contributed by atoms with Crippen LogP contribution in [-0.2, 0) is 11.2 Å². The molecule has 0 unspecified atom stereocenters. The molecule has 114 valence electrons. The second-order valence-electron chi connectivity index (χ2n) is 5.20. The van der Waals surface area contributed by atoms with Crippen LogP contribution >= 0.6 is 0 Å². The van der Waals surface area contributed by atoms with E-state index < -0.39 is 0 Å². The van der Waals surface area contributed by atoms with Crippen LogP contribution in [0.1, 0.15) is 32.3 Å². The second kappa shape index (κ2) is 9.61. The maximum absolute atomic E-state index is 5.89. The Labute approximate surface area is 122 Å². The molecule has 0 aliphatic heterocycles. The van der Waals surface area contributed by atoms with Crippen LogP contribution in [0, 0.1) is 0 Å². The number of methoxy groups -OCH3 is 1. The van der Waals surface area contributed by atoms with Crippen LogP contribution in [0.4, 0.5) is 5.69 Å². The number of rotatable bonds is 10. The van der Waals surface area contributed by atoms with Crippen LogP contribution in [0.25, 0.3) is 0 Å². The van der Waals surface area contributed by atoms with Crippen LogP contribution in [0.2, 0.25) is 0 Å². The topological polar surface area (TPSA) is 56.5 Å². The van der Waals surface area contributed by atoms with Gasteiger partial charge in [0.15, 0.2) is 0 Å². The normalized spacial score (nSPS) is 11.0. The fourth-order valence-electron chi connectivity index (χ4n) is 2.00. The van der Waals surface area contributed by atoms with Crippen molar-refractivity contribution in [3.63, 3.8) is 0 Å². The Morgan fingerprint density at radius 1 is 1.20 bits per heavy atom. The maximum atomic E-state index is 5.89. The quantitative estimate of drug-likeness (QED) is 0.511. The maximum Gasteiger partial charge on any atom is 0.141 e. The molecular formula is C16H28N2O2. The largest absolute Gasteiger partial charge is 0.495 e. The molecule has 0 saturated carbocycles. The first-order valence-electron chi connectivity index (χ1n) is 7.38. The molecule has 1 rings (SSSR count). The van der Waals surface area contributed by atoms with Gasteiger partial charge in [-0.1, -0.05) is 6.07 Å². The molecule has 3 N–H and O–H groups in total. The number of ether oxygens (including phenoxy) is 2. The van der Waals surface area contributed by atoms with Crippen molar-refractivity contribution in [3.05, 3.63) is 23.8 Å². The van der Waals surface area contributed by atoms with Gasteiger partial charge in [0, 0.05) is 6.61 Å². The summed E-state index contributed by atoms with van der Waals surface area (Å²) < 4.78 is 10.6. The molecule has 1 aromatic rings. The van der Waals surface area contributed by atoms with Gasteiger partial charge < -0.3 is 20.5 Å². The van der Waals surface area contributed by atoms with Gasteiger partial charge in [0.25, 0.3) is 0 Å². The molecular weight excluding hydrogens is 252 g/mol. The van der Waals surface area contributed by atoms with Crippen LogP contribution in [0.5, 0.6) is 5.75 Å². The molecule has 0 bridgehead atoms. The first-order chi connectivity index (χ1) is 9.63. The summed E-state index contributed by atoms with van der Waals surface area (Å²) >= 11 is 0. The first-order valence-corrected chi connectivity index (χ1v) is 7.38. The molecule has 0 aromatic heterocycles. The summed E-state index contributed by atoms with van der Waals surface area (Å²) in [6.07, 6.45) is 3.53. The van der Waals surface area contributed by atoms with Crippen molar-refractivity contribution in [2.24, 2.45) is 0 Å². The summed E-state index contributed by atoms with van der Waals surface area (Å²) in [5, 5.41) is 3.43. The van der Waals surface area contributed by atoms with Crippen molar-refractivity contribution >= 4 is 5.69 Å². The number of nitrogens with one attached hydrogen (secondary N) is 1. The summed E-state index contributed by atoms with van der Waals surface area (Å²) in [6.45, 7) is 6.99. The summed E-state index contributed by atoms with van der Waals surface area (Å²) in [6, 6.07) is 6.00. The highest BCUT2D eigenvalue weighted by molar-refractivity contribution is 5.54. The molecule has 0 aliphatic rings. The van der Waals surface area contributed by atoms with Crippen molar-refractivity contribution in [3.8, 4) is 5.75 Å². The van der Waals surface area contributed by atoms with Gasteiger partial charge in [-0.3, -0.25) is 0 Å². The lowest BCUT2D eigenvalue weighted by atomic mass is 10.1. The fourth-order valence-corrected chi connectivity index (χ4v) is 2.00. The molecule has 0 saturated heterocycles. The molecule has 0 aliphatic carbocycles. The van der Waals surface area contributed by atoms with Crippen molar-refractivity contribution < 1.29 is 9.47 Å². The zero-order valence-corrected chi connectivity index (χ0v) is 12.9. The molecule has 0 fully saturated rings. The zero-order chi connectivity index (χ0) is 14.8. The Kier molecular flexibility index (Phi) is 8.07. The number of anilines is 1. The third kappa shape index (κ3) is 6.78. The average Bonchev–Trinajstić information content (AvgIpc) is 2.41. The monoisotopic (exact) mass is 280 g/mol. The van der Waals surface area contributed by atoms with Gasteiger partial charge >= 0.3 is 0 Å². The second-order valence-corrected chi connectivity index (χ2v) is 5.20. The number of nitrogens with two attached hydrogens (primary N) is 1. The lowest BCUT2D eigenvalue weighted by Crippen LogP contribution is -2.19. The summed E-state index contributed by atoms with van der Waals surface area (Å²) in [5.74, 6) is 0.747. The molecule has 4 heteroatoms. The number of hydrogen-bond donors (Lipinski definition) is 2.